The van der Waals surface area contributed by atoms with Gasteiger partial charge < -0.3 is 4.74 Å². The van der Waals surface area contributed by atoms with Crippen LogP contribution in [0.25, 0.3) is 0 Å². The van der Waals surface area contributed by atoms with Crippen LogP contribution < -0.4 is 9.64 Å². The molecular weight excluding hydrogens is 302 g/mol. The second-order valence-corrected chi connectivity index (χ2v) is 6.70. The van der Waals surface area contributed by atoms with Crippen LogP contribution in [0.4, 0.5) is 10.5 Å². The van der Waals surface area contributed by atoms with E-state index in [9.17, 15) is 13.2 Å². The van der Waals surface area contributed by atoms with Crippen LogP contribution >= 0.6 is 0 Å². The highest BCUT2D eigenvalue weighted by atomic mass is 32.2. The Morgan fingerprint density at radius 1 is 1.05 bits per heavy atom. The Bertz CT molecular complexity index is 812. The number of anilines is 1. The van der Waals surface area contributed by atoms with Gasteiger partial charge >= 0.3 is 5.24 Å². The maximum Gasteiger partial charge on any atom is 0.348 e. The van der Waals surface area contributed by atoms with Crippen molar-refractivity contribution in [2.45, 2.75) is 18.4 Å². The molecule has 0 spiro atoms. The minimum atomic E-state index is -3.91. The first-order chi connectivity index (χ1) is 10.5. The number of para-hydroxylation sites is 1. The normalized spacial score (nSPS) is 15.7. The van der Waals surface area contributed by atoms with Crippen molar-refractivity contribution in [3.63, 3.8) is 0 Å². The van der Waals surface area contributed by atoms with Crippen molar-refractivity contribution >= 4 is 20.8 Å². The maximum absolute atomic E-state index is 12.2. The monoisotopic (exact) mass is 317 g/mol. The predicted octanol–water partition coefficient (Wildman–Crippen LogP) is 3.00. The van der Waals surface area contributed by atoms with Gasteiger partial charge in [0.25, 0.3) is 9.84 Å². The van der Waals surface area contributed by atoms with Gasteiger partial charge in [-0.05, 0) is 36.8 Å². The molecule has 114 valence electrons. The van der Waals surface area contributed by atoms with E-state index in [1.165, 1.54) is 11.0 Å². The first-order valence-electron chi connectivity index (χ1n) is 6.91. The Kier molecular flexibility index (Phi) is 3.62. The summed E-state index contributed by atoms with van der Waals surface area (Å²) in [6.45, 7) is 2.69. The molecule has 0 aromatic heterocycles. The number of fused-ring (bicyclic) bond motifs is 1. The fourth-order valence-electron chi connectivity index (χ4n) is 2.43. The average molecular weight is 317 g/mol. The number of hydrogen-bond donors (Lipinski definition) is 0. The molecule has 2 aromatic rings. The first-order valence-corrected chi connectivity index (χ1v) is 8.39. The molecule has 1 aliphatic rings. The predicted molar refractivity (Wildman–Crippen MR) is 82.8 cm³/mol. The van der Waals surface area contributed by atoms with Crippen LogP contribution in [0.3, 0.4) is 0 Å². The smallest absolute Gasteiger partial charge is 0.348 e. The zero-order valence-corrected chi connectivity index (χ0v) is 12.8. The summed E-state index contributed by atoms with van der Waals surface area (Å²) in [4.78, 5) is 13.5. The molecule has 0 N–H and O–H groups in total. The van der Waals surface area contributed by atoms with Gasteiger partial charge in [-0.15, -0.1) is 0 Å². The van der Waals surface area contributed by atoms with E-state index in [1.807, 2.05) is 19.1 Å². The summed E-state index contributed by atoms with van der Waals surface area (Å²) < 4.78 is 29.6. The van der Waals surface area contributed by atoms with Crippen LogP contribution in [-0.4, -0.2) is 20.3 Å². The summed E-state index contributed by atoms with van der Waals surface area (Å²) in [7, 11) is -3.91. The third-order valence-electron chi connectivity index (χ3n) is 3.47. The number of hydrogen-bond acceptors (Lipinski definition) is 4. The van der Waals surface area contributed by atoms with E-state index in [2.05, 4.69) is 0 Å². The third kappa shape index (κ3) is 2.35. The van der Waals surface area contributed by atoms with Crippen molar-refractivity contribution in [3.8, 4) is 5.75 Å². The van der Waals surface area contributed by atoms with Gasteiger partial charge in [-0.1, -0.05) is 24.3 Å². The summed E-state index contributed by atoms with van der Waals surface area (Å²) in [5, 5.41) is -0.873. The molecule has 1 amide bonds. The Labute approximate surface area is 129 Å². The van der Waals surface area contributed by atoms with Gasteiger partial charge in [0.2, 0.25) is 0 Å². The fraction of sp³-hybridized carbons (Fsp3) is 0.188. The zero-order chi connectivity index (χ0) is 15.7. The highest BCUT2D eigenvalue weighted by molar-refractivity contribution is 8.07. The van der Waals surface area contributed by atoms with Crippen molar-refractivity contribution in [2.24, 2.45) is 0 Å². The fourth-order valence-corrected chi connectivity index (χ4v) is 3.79. The van der Waals surface area contributed by atoms with Crippen molar-refractivity contribution in [1.29, 1.82) is 0 Å². The molecule has 0 atom stereocenters. The van der Waals surface area contributed by atoms with E-state index >= 15 is 0 Å². The number of amides is 1. The van der Waals surface area contributed by atoms with Crippen LogP contribution in [0.5, 0.6) is 5.75 Å². The Balaban J connectivity index is 1.91. The quantitative estimate of drug-likeness (QED) is 0.869. The van der Waals surface area contributed by atoms with Gasteiger partial charge in [0.1, 0.15) is 10.6 Å². The highest BCUT2D eigenvalue weighted by Crippen LogP contribution is 2.36. The summed E-state index contributed by atoms with van der Waals surface area (Å²) >= 11 is 0. The molecule has 0 saturated heterocycles. The standard InChI is InChI=1S/C16H15NO4S/c1-2-21-13-9-7-12(8-10-13)11-17-14-5-3-4-6-15(14)22(19,20)16(17)18/h3-10H,2,11H2,1H3. The molecule has 0 radical (unpaired) electrons. The van der Waals surface area contributed by atoms with Crippen molar-refractivity contribution < 1.29 is 17.9 Å². The molecule has 2 aromatic carbocycles. The Morgan fingerprint density at radius 2 is 1.73 bits per heavy atom. The summed E-state index contributed by atoms with van der Waals surface area (Å²) in [6, 6.07) is 13.7. The van der Waals surface area contributed by atoms with Crippen LogP contribution in [-0.2, 0) is 16.4 Å². The Morgan fingerprint density at radius 3 is 2.41 bits per heavy atom. The number of ether oxygens (including phenoxy) is 1. The largest absolute Gasteiger partial charge is 0.494 e. The summed E-state index contributed by atoms with van der Waals surface area (Å²) in [6.07, 6.45) is 0. The van der Waals surface area contributed by atoms with Crippen molar-refractivity contribution in [1.82, 2.24) is 0 Å². The van der Waals surface area contributed by atoms with E-state index in [0.717, 1.165) is 11.3 Å². The first kappa shape index (κ1) is 14.6. The lowest BCUT2D eigenvalue weighted by molar-refractivity contribution is 0.263. The summed E-state index contributed by atoms with van der Waals surface area (Å²) in [5.41, 5.74) is 1.27. The molecule has 5 nitrogen and oxygen atoms in total. The molecule has 0 fully saturated rings. The molecule has 6 heteroatoms. The minimum absolute atomic E-state index is 0.0749. The molecule has 22 heavy (non-hydrogen) atoms. The molecular formula is C16H15NO4S. The van der Waals surface area contributed by atoms with Gasteiger partial charge in [-0.25, -0.2) is 8.42 Å². The van der Waals surface area contributed by atoms with Gasteiger partial charge in [-0.2, -0.15) is 0 Å². The lowest BCUT2D eigenvalue weighted by Crippen LogP contribution is -2.27. The van der Waals surface area contributed by atoms with Gasteiger partial charge in [0.15, 0.2) is 0 Å². The van der Waals surface area contributed by atoms with Crippen molar-refractivity contribution in [2.75, 3.05) is 11.5 Å². The number of nitrogens with zero attached hydrogens (tertiary/aromatic N) is 1. The number of benzene rings is 2. The van der Waals surface area contributed by atoms with Crippen LogP contribution in [0.15, 0.2) is 53.4 Å². The number of carbonyl (C=O) groups excluding carboxylic acids is 1. The number of carbonyl (C=O) groups is 1. The molecule has 0 unspecified atom stereocenters. The highest BCUT2D eigenvalue weighted by Gasteiger charge is 2.41. The Hall–Kier alpha value is -2.34. The second kappa shape index (κ2) is 5.46. The average Bonchev–Trinajstić information content (AvgIpc) is 2.71. The van der Waals surface area contributed by atoms with E-state index in [4.69, 9.17) is 4.74 Å². The molecule has 0 bridgehead atoms. The van der Waals surface area contributed by atoms with E-state index in [-0.39, 0.29) is 11.4 Å². The maximum atomic E-state index is 12.2. The van der Waals surface area contributed by atoms with E-state index in [1.54, 1.807) is 30.3 Å². The molecule has 0 saturated carbocycles. The lowest BCUT2D eigenvalue weighted by Gasteiger charge is -2.16. The minimum Gasteiger partial charge on any atom is -0.494 e. The van der Waals surface area contributed by atoms with Crippen LogP contribution in [0.1, 0.15) is 12.5 Å². The zero-order valence-electron chi connectivity index (χ0n) is 12.0. The SMILES string of the molecule is CCOc1ccc(CN2C(=O)S(=O)(=O)c3ccccc32)cc1. The van der Waals surface area contributed by atoms with Crippen molar-refractivity contribution in [3.05, 3.63) is 54.1 Å². The number of sulfone groups is 1. The third-order valence-corrected chi connectivity index (χ3v) is 5.08. The second-order valence-electron chi connectivity index (χ2n) is 4.90. The van der Waals surface area contributed by atoms with Gasteiger partial charge in [0, 0.05) is 0 Å². The molecule has 3 rings (SSSR count). The van der Waals surface area contributed by atoms with Crippen LogP contribution in [0.2, 0.25) is 0 Å². The molecule has 1 aliphatic heterocycles. The van der Waals surface area contributed by atoms with Crippen LogP contribution in [0, 0.1) is 0 Å². The number of rotatable bonds is 4. The summed E-state index contributed by atoms with van der Waals surface area (Å²) in [5.74, 6) is 0.743. The van der Waals surface area contributed by atoms with Gasteiger partial charge in [-0.3, -0.25) is 9.69 Å². The van der Waals surface area contributed by atoms with E-state index < -0.39 is 15.1 Å². The molecule has 0 aliphatic carbocycles. The van der Waals surface area contributed by atoms with E-state index in [0.29, 0.717) is 12.3 Å². The topological polar surface area (TPSA) is 63.7 Å². The lowest BCUT2D eigenvalue weighted by atomic mass is 10.2. The van der Waals surface area contributed by atoms with Gasteiger partial charge in [0.05, 0.1) is 18.8 Å². The molecule has 1 heterocycles.